The zero-order valence-corrected chi connectivity index (χ0v) is 12.2. The minimum absolute atomic E-state index is 0.272. The Kier molecular flexibility index (Phi) is 3.49. The lowest BCUT2D eigenvalue weighted by atomic mass is 10.1. The third kappa shape index (κ3) is 1.98. The quantitative estimate of drug-likeness (QED) is 0.761. The second-order valence-electron chi connectivity index (χ2n) is 3.56. The van der Waals surface area contributed by atoms with E-state index in [0.717, 1.165) is 12.0 Å². The van der Waals surface area contributed by atoms with Crippen LogP contribution in [0.15, 0.2) is 33.2 Å². The molecule has 3 nitrogen and oxygen atoms in total. The molecule has 2 rings (SSSR count). The molecule has 88 valence electrons. The molecule has 1 aliphatic rings. The van der Waals surface area contributed by atoms with E-state index in [0.29, 0.717) is 5.69 Å². The van der Waals surface area contributed by atoms with Gasteiger partial charge in [-0.1, -0.05) is 25.1 Å². The van der Waals surface area contributed by atoms with Gasteiger partial charge in [0, 0.05) is 0 Å². The average Bonchev–Trinajstić information content (AvgIpc) is 2.54. The number of anilines is 1. The molecule has 0 N–H and O–H groups in total. The number of imide groups is 1. The van der Waals surface area contributed by atoms with Crippen LogP contribution in [0.5, 0.6) is 0 Å². The fourth-order valence-electron chi connectivity index (χ4n) is 1.72. The molecule has 1 aromatic rings. The fraction of sp³-hybridized carbons (Fsp3) is 0.167. The highest BCUT2D eigenvalue weighted by molar-refractivity contribution is 9.14. The Hall–Kier alpha value is -0.940. The number of carbonyl (C=O) groups is 2. The summed E-state index contributed by atoms with van der Waals surface area (Å²) in [7, 11) is 0. The molecule has 0 saturated carbocycles. The molecule has 0 saturated heterocycles. The van der Waals surface area contributed by atoms with E-state index in [4.69, 9.17) is 0 Å². The Bertz CT molecular complexity index is 513. The summed E-state index contributed by atoms with van der Waals surface area (Å²) in [5, 5.41) is 0. The van der Waals surface area contributed by atoms with E-state index in [9.17, 15) is 9.59 Å². The van der Waals surface area contributed by atoms with Crippen LogP contribution in [0.2, 0.25) is 0 Å². The smallest absolute Gasteiger partial charge is 0.268 e. The van der Waals surface area contributed by atoms with Gasteiger partial charge in [0.15, 0.2) is 0 Å². The van der Waals surface area contributed by atoms with Gasteiger partial charge in [0.2, 0.25) is 0 Å². The van der Waals surface area contributed by atoms with Crippen LogP contribution in [-0.2, 0) is 16.0 Å². The van der Waals surface area contributed by atoms with E-state index >= 15 is 0 Å². The number of hydrogen-bond acceptors (Lipinski definition) is 2. The first-order chi connectivity index (χ1) is 8.07. The van der Waals surface area contributed by atoms with Crippen molar-refractivity contribution in [3.05, 3.63) is 38.8 Å². The summed E-state index contributed by atoms with van der Waals surface area (Å²) < 4.78 is 0.543. The SMILES string of the molecule is CCc1ccccc1N1C(=O)C(Br)=C(Br)C1=O. The first-order valence-corrected chi connectivity index (χ1v) is 6.68. The van der Waals surface area contributed by atoms with Crippen molar-refractivity contribution in [1.82, 2.24) is 0 Å². The van der Waals surface area contributed by atoms with Crippen molar-refractivity contribution in [3.63, 3.8) is 0 Å². The molecular formula is C12H9Br2NO2. The number of carbonyl (C=O) groups excluding carboxylic acids is 2. The largest absolute Gasteiger partial charge is 0.273 e. The second-order valence-corrected chi connectivity index (χ2v) is 5.14. The fourth-order valence-corrected chi connectivity index (χ4v) is 2.42. The molecule has 1 aliphatic heterocycles. The molecule has 1 aromatic carbocycles. The first kappa shape index (κ1) is 12.5. The number of hydrogen-bond donors (Lipinski definition) is 0. The van der Waals surface area contributed by atoms with Crippen LogP contribution in [-0.4, -0.2) is 11.8 Å². The maximum Gasteiger partial charge on any atom is 0.273 e. The van der Waals surface area contributed by atoms with Gasteiger partial charge in [0.25, 0.3) is 11.8 Å². The monoisotopic (exact) mass is 357 g/mol. The minimum atomic E-state index is -0.331. The number of rotatable bonds is 2. The summed E-state index contributed by atoms with van der Waals surface area (Å²) in [6, 6.07) is 7.40. The minimum Gasteiger partial charge on any atom is -0.268 e. The Morgan fingerprint density at radius 2 is 1.59 bits per heavy atom. The number of benzene rings is 1. The van der Waals surface area contributed by atoms with Crippen molar-refractivity contribution in [3.8, 4) is 0 Å². The standard InChI is InChI=1S/C12H9Br2NO2/c1-2-7-5-3-4-6-8(7)15-11(16)9(13)10(14)12(15)17/h3-6H,2H2,1H3. The third-order valence-electron chi connectivity index (χ3n) is 2.59. The van der Waals surface area contributed by atoms with E-state index in [1.807, 2.05) is 25.1 Å². The zero-order chi connectivity index (χ0) is 12.6. The van der Waals surface area contributed by atoms with Gasteiger partial charge in [-0.2, -0.15) is 0 Å². The van der Waals surface area contributed by atoms with E-state index in [2.05, 4.69) is 31.9 Å². The van der Waals surface area contributed by atoms with Crippen LogP contribution in [0.1, 0.15) is 12.5 Å². The van der Waals surface area contributed by atoms with Crippen molar-refractivity contribution in [2.24, 2.45) is 0 Å². The van der Waals surface area contributed by atoms with Crippen LogP contribution >= 0.6 is 31.9 Å². The summed E-state index contributed by atoms with van der Waals surface area (Å²) in [6.07, 6.45) is 0.766. The molecule has 0 radical (unpaired) electrons. The van der Waals surface area contributed by atoms with Crippen LogP contribution in [0.4, 0.5) is 5.69 Å². The van der Waals surface area contributed by atoms with Crippen molar-refractivity contribution < 1.29 is 9.59 Å². The van der Waals surface area contributed by atoms with Crippen LogP contribution in [0, 0.1) is 0 Å². The van der Waals surface area contributed by atoms with Gasteiger partial charge in [-0.15, -0.1) is 0 Å². The van der Waals surface area contributed by atoms with Crippen LogP contribution in [0.25, 0.3) is 0 Å². The van der Waals surface area contributed by atoms with E-state index < -0.39 is 0 Å². The molecule has 2 amide bonds. The molecular weight excluding hydrogens is 350 g/mol. The number of nitrogens with zero attached hydrogens (tertiary/aromatic N) is 1. The highest BCUT2D eigenvalue weighted by atomic mass is 79.9. The Morgan fingerprint density at radius 1 is 1.06 bits per heavy atom. The van der Waals surface area contributed by atoms with Crippen molar-refractivity contribution >= 4 is 49.4 Å². The van der Waals surface area contributed by atoms with Crippen LogP contribution in [0.3, 0.4) is 0 Å². The van der Waals surface area contributed by atoms with Gasteiger partial charge in [-0.05, 0) is 49.9 Å². The Morgan fingerprint density at radius 3 is 2.12 bits per heavy atom. The number of amides is 2. The predicted molar refractivity (Wildman–Crippen MR) is 73.2 cm³/mol. The molecule has 0 aromatic heterocycles. The third-order valence-corrected chi connectivity index (χ3v) is 4.59. The molecule has 17 heavy (non-hydrogen) atoms. The summed E-state index contributed by atoms with van der Waals surface area (Å²) in [5.74, 6) is -0.662. The van der Waals surface area contributed by atoms with Gasteiger partial charge in [0.1, 0.15) is 8.96 Å². The molecule has 0 aliphatic carbocycles. The summed E-state index contributed by atoms with van der Waals surface area (Å²) >= 11 is 6.23. The van der Waals surface area contributed by atoms with Crippen molar-refractivity contribution in [2.45, 2.75) is 13.3 Å². The first-order valence-electron chi connectivity index (χ1n) is 5.10. The average molecular weight is 359 g/mol. The summed E-state index contributed by atoms with van der Waals surface area (Å²) in [6.45, 7) is 1.99. The predicted octanol–water partition coefficient (Wildman–Crippen LogP) is 3.12. The normalized spacial score (nSPS) is 16.1. The van der Waals surface area contributed by atoms with Gasteiger partial charge >= 0.3 is 0 Å². The van der Waals surface area contributed by atoms with Gasteiger partial charge < -0.3 is 0 Å². The van der Waals surface area contributed by atoms with Gasteiger partial charge in [-0.3, -0.25) is 9.59 Å². The number of aryl methyl sites for hydroxylation is 1. The lowest BCUT2D eigenvalue weighted by Crippen LogP contribution is -2.31. The van der Waals surface area contributed by atoms with Crippen LogP contribution < -0.4 is 4.90 Å². The van der Waals surface area contributed by atoms with Gasteiger partial charge in [-0.25, -0.2) is 4.90 Å². The van der Waals surface area contributed by atoms with Crippen molar-refractivity contribution in [2.75, 3.05) is 4.90 Å². The lowest BCUT2D eigenvalue weighted by molar-refractivity contribution is -0.120. The van der Waals surface area contributed by atoms with Crippen molar-refractivity contribution in [1.29, 1.82) is 0 Å². The molecule has 5 heteroatoms. The second kappa shape index (κ2) is 4.74. The number of halogens is 2. The van der Waals surface area contributed by atoms with E-state index in [1.54, 1.807) is 6.07 Å². The molecule has 1 heterocycles. The summed E-state index contributed by atoms with van der Waals surface area (Å²) in [5.41, 5.74) is 1.62. The maximum atomic E-state index is 12.0. The Balaban J connectivity index is 2.50. The highest BCUT2D eigenvalue weighted by Gasteiger charge is 2.37. The lowest BCUT2D eigenvalue weighted by Gasteiger charge is -2.17. The molecule has 0 spiro atoms. The van der Waals surface area contributed by atoms with Gasteiger partial charge in [0.05, 0.1) is 5.69 Å². The molecule has 0 atom stereocenters. The molecule has 0 fully saturated rings. The molecule has 0 unspecified atom stereocenters. The molecule has 0 bridgehead atoms. The number of para-hydroxylation sites is 1. The Labute approximate surface area is 116 Å². The van der Waals surface area contributed by atoms with E-state index in [1.165, 1.54) is 4.90 Å². The summed E-state index contributed by atoms with van der Waals surface area (Å²) in [4.78, 5) is 25.1. The maximum absolute atomic E-state index is 12.0. The zero-order valence-electron chi connectivity index (χ0n) is 9.04. The van der Waals surface area contributed by atoms with E-state index in [-0.39, 0.29) is 20.8 Å². The highest BCUT2D eigenvalue weighted by Crippen LogP contribution is 2.34. The topological polar surface area (TPSA) is 37.4 Å².